The van der Waals surface area contributed by atoms with Gasteiger partial charge in [0.1, 0.15) is 5.75 Å². The maximum Gasteiger partial charge on any atom is 0.257 e. The van der Waals surface area contributed by atoms with Crippen molar-refractivity contribution in [2.45, 2.75) is 11.8 Å². The van der Waals surface area contributed by atoms with Crippen molar-refractivity contribution in [1.82, 2.24) is 9.21 Å². The van der Waals surface area contributed by atoms with E-state index in [0.29, 0.717) is 10.0 Å². The molecular formula is C19H19BrN2O5S. The van der Waals surface area contributed by atoms with Gasteiger partial charge in [0.05, 0.1) is 10.5 Å². The number of nitrogens with zero attached hydrogens (tertiary/aromatic N) is 2. The average molecular weight is 467 g/mol. The Kier molecular flexibility index (Phi) is 5.87. The standard InChI is InChI=1S/C19H19BrN2O5S/c1-13(23)14-2-5-16(6-3-14)28(26,27)22-10-8-21(9-11-22)19(25)17-7-4-15(20)12-18(17)24/h2-7,12,24H,8-11H2,1H3. The van der Waals surface area contributed by atoms with Crippen LogP contribution in [0.25, 0.3) is 0 Å². The van der Waals surface area contributed by atoms with Crippen molar-refractivity contribution in [2.24, 2.45) is 0 Å². The summed E-state index contributed by atoms with van der Waals surface area (Å²) in [5, 5.41) is 9.98. The van der Waals surface area contributed by atoms with Crippen molar-refractivity contribution in [3.8, 4) is 5.75 Å². The number of phenolic OH excluding ortho intramolecular Hbond substituents is 1. The lowest BCUT2D eigenvalue weighted by Gasteiger charge is -2.34. The molecule has 1 aliphatic heterocycles. The van der Waals surface area contributed by atoms with Gasteiger partial charge in [-0.1, -0.05) is 28.1 Å². The fourth-order valence-electron chi connectivity index (χ4n) is 3.00. The summed E-state index contributed by atoms with van der Waals surface area (Å²) in [7, 11) is -3.70. The summed E-state index contributed by atoms with van der Waals surface area (Å²) in [4.78, 5) is 25.6. The van der Waals surface area contributed by atoms with Crippen LogP contribution in [-0.2, 0) is 10.0 Å². The van der Waals surface area contributed by atoms with E-state index in [1.807, 2.05) is 0 Å². The third kappa shape index (κ3) is 4.11. The molecule has 2 aromatic rings. The van der Waals surface area contributed by atoms with Gasteiger partial charge in [0.25, 0.3) is 5.91 Å². The van der Waals surface area contributed by atoms with E-state index in [0.717, 1.165) is 0 Å². The first-order valence-corrected chi connectivity index (χ1v) is 10.8. The van der Waals surface area contributed by atoms with Gasteiger partial charge in [-0.3, -0.25) is 9.59 Å². The number of benzene rings is 2. The highest BCUT2D eigenvalue weighted by molar-refractivity contribution is 9.10. The topological polar surface area (TPSA) is 95.0 Å². The molecule has 1 saturated heterocycles. The highest BCUT2D eigenvalue weighted by atomic mass is 79.9. The number of ketones is 1. The quantitative estimate of drug-likeness (QED) is 0.698. The lowest BCUT2D eigenvalue weighted by Crippen LogP contribution is -2.50. The first-order chi connectivity index (χ1) is 13.2. The first kappa shape index (κ1) is 20.5. The van der Waals surface area contributed by atoms with E-state index in [4.69, 9.17) is 0 Å². The minimum Gasteiger partial charge on any atom is -0.507 e. The molecule has 3 rings (SSSR count). The Hall–Kier alpha value is -2.23. The Morgan fingerprint density at radius 3 is 2.14 bits per heavy atom. The molecule has 0 bridgehead atoms. The lowest BCUT2D eigenvalue weighted by atomic mass is 10.1. The van der Waals surface area contributed by atoms with Gasteiger partial charge in [0.2, 0.25) is 10.0 Å². The van der Waals surface area contributed by atoms with Crippen LogP contribution in [0.4, 0.5) is 0 Å². The molecular weight excluding hydrogens is 448 g/mol. The van der Waals surface area contributed by atoms with Gasteiger partial charge < -0.3 is 10.0 Å². The summed E-state index contributed by atoms with van der Waals surface area (Å²) in [5.41, 5.74) is 0.628. The minimum absolute atomic E-state index is 0.114. The fourth-order valence-corrected chi connectivity index (χ4v) is 4.77. The van der Waals surface area contributed by atoms with E-state index in [2.05, 4.69) is 15.9 Å². The van der Waals surface area contributed by atoms with Gasteiger partial charge >= 0.3 is 0 Å². The van der Waals surface area contributed by atoms with Crippen LogP contribution in [0.2, 0.25) is 0 Å². The Morgan fingerprint density at radius 2 is 1.61 bits per heavy atom. The number of hydrogen-bond donors (Lipinski definition) is 1. The number of carbonyl (C=O) groups is 2. The predicted octanol–water partition coefficient (Wildman–Crippen LogP) is 2.50. The third-order valence-electron chi connectivity index (χ3n) is 4.61. The molecule has 28 heavy (non-hydrogen) atoms. The zero-order chi connectivity index (χ0) is 20.5. The van der Waals surface area contributed by atoms with E-state index in [1.165, 1.54) is 52.5 Å². The zero-order valence-electron chi connectivity index (χ0n) is 15.1. The van der Waals surface area contributed by atoms with Crippen molar-refractivity contribution in [2.75, 3.05) is 26.2 Å². The van der Waals surface area contributed by atoms with Gasteiger partial charge in [-0.15, -0.1) is 0 Å². The first-order valence-electron chi connectivity index (χ1n) is 8.59. The Morgan fingerprint density at radius 1 is 1.00 bits per heavy atom. The molecule has 1 aliphatic rings. The van der Waals surface area contributed by atoms with Crippen molar-refractivity contribution in [1.29, 1.82) is 0 Å². The number of amides is 1. The maximum atomic E-state index is 12.8. The Labute approximate surface area is 171 Å². The summed E-state index contributed by atoms with van der Waals surface area (Å²) < 4.78 is 27.6. The van der Waals surface area contributed by atoms with Crippen LogP contribution in [0, 0.1) is 0 Å². The molecule has 1 N–H and O–H groups in total. The SMILES string of the molecule is CC(=O)c1ccc(S(=O)(=O)N2CCN(C(=O)c3ccc(Br)cc3O)CC2)cc1. The summed E-state index contributed by atoms with van der Waals surface area (Å²) in [6.07, 6.45) is 0. The normalized spacial score (nSPS) is 15.4. The predicted molar refractivity (Wildman–Crippen MR) is 107 cm³/mol. The molecule has 2 aromatic carbocycles. The summed E-state index contributed by atoms with van der Waals surface area (Å²) >= 11 is 3.23. The highest BCUT2D eigenvalue weighted by Crippen LogP contribution is 2.25. The summed E-state index contributed by atoms with van der Waals surface area (Å²) in [6, 6.07) is 10.5. The van der Waals surface area contributed by atoms with Gasteiger partial charge in [0, 0.05) is 36.2 Å². The number of Topliss-reactive ketones (excluding diaryl/α,β-unsaturated/α-hetero) is 1. The smallest absolute Gasteiger partial charge is 0.257 e. The minimum atomic E-state index is -3.70. The molecule has 0 radical (unpaired) electrons. The van der Waals surface area contributed by atoms with Crippen molar-refractivity contribution < 1.29 is 23.1 Å². The van der Waals surface area contributed by atoms with E-state index in [1.54, 1.807) is 6.07 Å². The van der Waals surface area contributed by atoms with Crippen LogP contribution < -0.4 is 0 Å². The molecule has 0 saturated carbocycles. The molecule has 0 aliphatic carbocycles. The third-order valence-corrected chi connectivity index (χ3v) is 7.02. The number of hydrogen-bond acceptors (Lipinski definition) is 5. The maximum absolute atomic E-state index is 12.8. The van der Waals surface area contributed by atoms with Crippen molar-refractivity contribution in [3.63, 3.8) is 0 Å². The number of piperazine rings is 1. The lowest BCUT2D eigenvalue weighted by molar-refractivity contribution is 0.0694. The van der Waals surface area contributed by atoms with Crippen LogP contribution in [-0.4, -0.2) is 60.6 Å². The van der Waals surface area contributed by atoms with E-state index in [-0.39, 0.29) is 54.1 Å². The van der Waals surface area contributed by atoms with Gasteiger partial charge in [-0.25, -0.2) is 8.42 Å². The second-order valence-corrected chi connectivity index (χ2v) is 9.29. The number of halogens is 1. The summed E-state index contributed by atoms with van der Waals surface area (Å²) in [5.74, 6) is -0.597. The largest absolute Gasteiger partial charge is 0.507 e. The van der Waals surface area contributed by atoms with E-state index >= 15 is 0 Å². The zero-order valence-corrected chi connectivity index (χ0v) is 17.5. The average Bonchev–Trinajstić information content (AvgIpc) is 2.67. The number of aromatic hydroxyl groups is 1. The van der Waals surface area contributed by atoms with E-state index < -0.39 is 10.0 Å². The van der Waals surface area contributed by atoms with Gasteiger partial charge in [-0.05, 0) is 37.3 Å². The molecule has 148 valence electrons. The summed E-state index contributed by atoms with van der Waals surface area (Å²) in [6.45, 7) is 2.17. The molecule has 0 spiro atoms. The number of carbonyl (C=O) groups excluding carboxylic acids is 2. The number of phenols is 1. The second-order valence-electron chi connectivity index (χ2n) is 6.44. The fraction of sp³-hybridized carbons (Fsp3) is 0.263. The molecule has 0 atom stereocenters. The molecule has 0 aromatic heterocycles. The molecule has 9 heteroatoms. The van der Waals surface area contributed by atoms with Crippen LogP contribution >= 0.6 is 15.9 Å². The molecule has 1 heterocycles. The van der Waals surface area contributed by atoms with Crippen LogP contribution in [0.3, 0.4) is 0 Å². The van der Waals surface area contributed by atoms with E-state index in [9.17, 15) is 23.1 Å². The monoisotopic (exact) mass is 466 g/mol. The van der Waals surface area contributed by atoms with Crippen LogP contribution in [0.5, 0.6) is 5.75 Å². The van der Waals surface area contributed by atoms with Gasteiger partial charge in [0.15, 0.2) is 5.78 Å². The van der Waals surface area contributed by atoms with Crippen LogP contribution in [0.15, 0.2) is 51.8 Å². The Bertz CT molecular complexity index is 1010. The molecule has 0 unspecified atom stereocenters. The van der Waals surface area contributed by atoms with Crippen molar-refractivity contribution in [3.05, 3.63) is 58.1 Å². The number of rotatable bonds is 4. The van der Waals surface area contributed by atoms with Gasteiger partial charge in [-0.2, -0.15) is 4.31 Å². The Balaban J connectivity index is 1.70. The molecule has 7 nitrogen and oxygen atoms in total. The van der Waals surface area contributed by atoms with Crippen LogP contribution in [0.1, 0.15) is 27.6 Å². The number of sulfonamides is 1. The molecule has 1 amide bonds. The van der Waals surface area contributed by atoms with Crippen molar-refractivity contribution >= 4 is 37.6 Å². The highest BCUT2D eigenvalue weighted by Gasteiger charge is 2.31. The second kappa shape index (κ2) is 8.02. The molecule has 1 fully saturated rings.